The second-order valence-corrected chi connectivity index (χ2v) is 9.83. The minimum Gasteiger partial charge on any atom is -0.464 e. The summed E-state index contributed by atoms with van der Waals surface area (Å²) < 4.78 is 5.43. The number of carbonyl (C=O) groups is 2. The SMILES string of the molecule is C[C@]12CCC(=O)N[C@@H]1CC[C@@H]1[C@@H]2CC[C@]2(C)[C@@H](C(=O)OCCC#N)CC[C@@H]12. The van der Waals surface area contributed by atoms with E-state index in [-0.39, 0.29) is 41.7 Å². The number of ether oxygens (including phenoxy) is 1. The molecule has 0 bridgehead atoms. The van der Waals surface area contributed by atoms with Crippen LogP contribution in [0.25, 0.3) is 0 Å². The summed E-state index contributed by atoms with van der Waals surface area (Å²) in [6.07, 6.45) is 8.45. The van der Waals surface area contributed by atoms with Gasteiger partial charge in [-0.2, -0.15) is 5.26 Å². The molecule has 1 aliphatic heterocycles. The monoisotopic (exact) mass is 372 g/mol. The zero-order valence-electron chi connectivity index (χ0n) is 16.6. The van der Waals surface area contributed by atoms with E-state index in [4.69, 9.17) is 10.00 Å². The Morgan fingerprint density at radius 1 is 1.15 bits per heavy atom. The number of nitrogens with zero attached hydrogens (tertiary/aromatic N) is 1. The Morgan fingerprint density at radius 2 is 1.93 bits per heavy atom. The molecule has 4 fully saturated rings. The Bertz CT molecular complexity index is 671. The number of hydrogen-bond acceptors (Lipinski definition) is 4. The smallest absolute Gasteiger partial charge is 0.309 e. The van der Waals surface area contributed by atoms with Gasteiger partial charge in [0.15, 0.2) is 0 Å². The molecule has 7 atom stereocenters. The molecule has 0 radical (unpaired) electrons. The van der Waals surface area contributed by atoms with Gasteiger partial charge in [0.25, 0.3) is 0 Å². The lowest BCUT2D eigenvalue weighted by Gasteiger charge is -2.60. The first-order valence-electron chi connectivity index (χ1n) is 10.7. The average molecular weight is 373 g/mol. The Balaban J connectivity index is 1.51. The highest BCUT2D eigenvalue weighted by Gasteiger charge is 2.61. The lowest BCUT2D eigenvalue weighted by molar-refractivity contribution is -0.158. The lowest BCUT2D eigenvalue weighted by Crippen LogP contribution is -2.61. The molecule has 0 aromatic rings. The first-order chi connectivity index (χ1) is 12.9. The van der Waals surface area contributed by atoms with Crippen LogP contribution in [0.2, 0.25) is 0 Å². The van der Waals surface area contributed by atoms with Gasteiger partial charge in [-0.1, -0.05) is 13.8 Å². The normalized spacial score (nSPS) is 45.7. The maximum Gasteiger partial charge on any atom is 0.309 e. The van der Waals surface area contributed by atoms with Gasteiger partial charge < -0.3 is 10.1 Å². The van der Waals surface area contributed by atoms with Crippen LogP contribution in [-0.2, 0) is 14.3 Å². The zero-order chi connectivity index (χ0) is 19.2. The molecule has 0 unspecified atom stereocenters. The first kappa shape index (κ1) is 18.8. The third-order valence-electron chi connectivity index (χ3n) is 8.84. The molecule has 5 nitrogen and oxygen atoms in total. The highest BCUT2D eigenvalue weighted by atomic mass is 16.5. The number of nitriles is 1. The molecule has 4 rings (SSSR count). The van der Waals surface area contributed by atoms with Crippen LogP contribution in [0, 0.1) is 45.8 Å². The van der Waals surface area contributed by atoms with Crippen molar-refractivity contribution < 1.29 is 14.3 Å². The van der Waals surface area contributed by atoms with E-state index in [1.807, 2.05) is 6.07 Å². The van der Waals surface area contributed by atoms with E-state index >= 15 is 0 Å². The molecule has 0 aromatic heterocycles. The van der Waals surface area contributed by atoms with Crippen LogP contribution in [0.1, 0.15) is 71.6 Å². The molecule has 3 saturated carbocycles. The summed E-state index contributed by atoms with van der Waals surface area (Å²) in [6.45, 7) is 4.94. The minimum atomic E-state index is -0.0847. The highest BCUT2D eigenvalue weighted by molar-refractivity contribution is 5.77. The number of esters is 1. The van der Waals surface area contributed by atoms with Gasteiger partial charge in [-0.3, -0.25) is 9.59 Å². The number of fused-ring (bicyclic) bond motifs is 5. The van der Waals surface area contributed by atoms with Crippen molar-refractivity contribution in [1.82, 2.24) is 5.32 Å². The van der Waals surface area contributed by atoms with Gasteiger partial charge in [0.1, 0.15) is 6.61 Å². The number of piperidine rings is 1. The molecule has 1 saturated heterocycles. The Kier molecular flexibility index (Phi) is 4.72. The number of amides is 1. The fourth-order valence-corrected chi connectivity index (χ4v) is 7.39. The second kappa shape index (κ2) is 6.79. The Hall–Kier alpha value is -1.57. The van der Waals surface area contributed by atoms with Gasteiger partial charge in [-0.15, -0.1) is 0 Å². The van der Waals surface area contributed by atoms with E-state index in [0.717, 1.165) is 38.5 Å². The van der Waals surface area contributed by atoms with Crippen LogP contribution in [-0.4, -0.2) is 24.5 Å². The fraction of sp³-hybridized carbons (Fsp3) is 0.864. The predicted octanol–water partition coefficient (Wildman–Crippen LogP) is 3.58. The van der Waals surface area contributed by atoms with Crippen LogP contribution in [0.5, 0.6) is 0 Å². The largest absolute Gasteiger partial charge is 0.464 e. The first-order valence-corrected chi connectivity index (χ1v) is 10.7. The maximum atomic E-state index is 12.7. The molecule has 1 N–H and O–H groups in total. The third-order valence-corrected chi connectivity index (χ3v) is 8.84. The Labute approximate surface area is 162 Å². The second-order valence-electron chi connectivity index (χ2n) is 9.83. The molecule has 27 heavy (non-hydrogen) atoms. The van der Waals surface area contributed by atoms with Gasteiger partial charge in [-0.25, -0.2) is 0 Å². The minimum absolute atomic E-state index is 0.0151. The van der Waals surface area contributed by atoms with Crippen LogP contribution < -0.4 is 5.32 Å². The molecule has 4 aliphatic rings. The predicted molar refractivity (Wildman–Crippen MR) is 100 cm³/mol. The summed E-state index contributed by atoms with van der Waals surface area (Å²) in [4.78, 5) is 24.6. The summed E-state index contributed by atoms with van der Waals surface area (Å²) in [5.74, 6) is 2.02. The van der Waals surface area contributed by atoms with Crippen molar-refractivity contribution in [2.24, 2.45) is 34.5 Å². The molecule has 148 valence electrons. The summed E-state index contributed by atoms with van der Waals surface area (Å²) in [5, 5.41) is 12.0. The molecule has 5 heteroatoms. The average Bonchev–Trinajstić information content (AvgIpc) is 3.00. The topological polar surface area (TPSA) is 79.2 Å². The number of nitrogens with one attached hydrogen (secondary N) is 1. The van der Waals surface area contributed by atoms with Crippen LogP contribution >= 0.6 is 0 Å². The lowest BCUT2D eigenvalue weighted by atomic mass is 9.47. The summed E-state index contributed by atoms with van der Waals surface area (Å²) in [5.41, 5.74) is 0.246. The van der Waals surface area contributed by atoms with Crippen molar-refractivity contribution in [2.45, 2.75) is 77.7 Å². The van der Waals surface area contributed by atoms with Gasteiger partial charge in [0.05, 0.1) is 18.4 Å². The Morgan fingerprint density at radius 3 is 2.70 bits per heavy atom. The maximum absolute atomic E-state index is 12.7. The van der Waals surface area contributed by atoms with Crippen LogP contribution in [0.4, 0.5) is 0 Å². The molecule has 1 heterocycles. The van der Waals surface area contributed by atoms with E-state index in [2.05, 4.69) is 19.2 Å². The molecular weight excluding hydrogens is 340 g/mol. The van der Waals surface area contributed by atoms with E-state index in [0.29, 0.717) is 30.2 Å². The van der Waals surface area contributed by atoms with E-state index in [1.165, 1.54) is 6.42 Å². The van der Waals surface area contributed by atoms with Crippen molar-refractivity contribution in [3.8, 4) is 6.07 Å². The van der Waals surface area contributed by atoms with E-state index in [1.54, 1.807) is 0 Å². The van der Waals surface area contributed by atoms with E-state index in [9.17, 15) is 9.59 Å². The van der Waals surface area contributed by atoms with Gasteiger partial charge in [0.2, 0.25) is 5.91 Å². The molecule has 0 aromatic carbocycles. The van der Waals surface area contributed by atoms with Gasteiger partial charge in [-0.05, 0) is 73.5 Å². The third kappa shape index (κ3) is 2.87. The zero-order valence-corrected chi connectivity index (χ0v) is 16.6. The number of hydrogen-bond donors (Lipinski definition) is 1. The number of carbonyl (C=O) groups excluding carboxylic acids is 2. The van der Waals surface area contributed by atoms with Crippen LogP contribution in [0.15, 0.2) is 0 Å². The highest BCUT2D eigenvalue weighted by Crippen LogP contribution is 2.65. The van der Waals surface area contributed by atoms with Gasteiger partial charge in [0, 0.05) is 12.5 Å². The van der Waals surface area contributed by atoms with Crippen molar-refractivity contribution in [3.63, 3.8) is 0 Å². The number of rotatable bonds is 3. The summed E-state index contributed by atoms with van der Waals surface area (Å²) in [7, 11) is 0. The van der Waals surface area contributed by atoms with Crippen molar-refractivity contribution >= 4 is 11.9 Å². The molecular formula is C22H32N2O3. The quantitative estimate of drug-likeness (QED) is 0.607. The molecule has 0 spiro atoms. The van der Waals surface area contributed by atoms with Crippen LogP contribution in [0.3, 0.4) is 0 Å². The standard InChI is InChI=1S/C22H32N2O3/c1-21-10-8-16-14(4-7-18-22(16,2)11-9-19(25)24-18)15(21)5-6-17(21)20(26)27-13-3-12-23/h14-18H,3-11,13H2,1-2H3,(H,24,25)/t14-,15-,16-,17+,18+,21-,22+/m0/s1. The van der Waals surface area contributed by atoms with Crippen molar-refractivity contribution in [3.05, 3.63) is 0 Å². The fourth-order valence-electron chi connectivity index (χ4n) is 7.39. The summed E-state index contributed by atoms with van der Waals surface area (Å²) in [6, 6.07) is 2.37. The van der Waals surface area contributed by atoms with E-state index < -0.39 is 0 Å². The molecule has 1 amide bonds. The molecule has 3 aliphatic carbocycles. The van der Waals surface area contributed by atoms with Crippen molar-refractivity contribution in [1.29, 1.82) is 5.26 Å². The summed E-state index contributed by atoms with van der Waals surface area (Å²) >= 11 is 0. The van der Waals surface area contributed by atoms with Crippen molar-refractivity contribution in [2.75, 3.05) is 6.61 Å². The van der Waals surface area contributed by atoms with Gasteiger partial charge >= 0.3 is 5.97 Å².